The molecular weight excluding hydrogens is 553 g/mol. The molecule has 0 fully saturated rings. The minimum atomic E-state index is -2.95. The Hall–Kier alpha value is -5.25. The molecule has 9 rings (SSSR count). The van der Waals surface area contributed by atoms with Crippen LogP contribution in [0.3, 0.4) is 0 Å². The van der Waals surface area contributed by atoms with Gasteiger partial charge in [0.1, 0.15) is 5.82 Å². The molecule has 2 heterocycles. The number of benzene rings is 7. The largest absolute Gasteiger partial charge is 0.295 e. The van der Waals surface area contributed by atoms with Gasteiger partial charge in [-0.05, 0) is 69.4 Å². The fourth-order valence-electron chi connectivity index (χ4n) is 6.74. The Morgan fingerprint density at radius 1 is 0.591 bits per heavy atom. The Balaban J connectivity index is 1.46. The molecule has 7 aromatic carbocycles. The van der Waals surface area contributed by atoms with Crippen LogP contribution in [0.2, 0.25) is 0 Å². The summed E-state index contributed by atoms with van der Waals surface area (Å²) in [6, 6.07) is 47.4. The number of aryl methyl sites for hydroxylation is 1. The summed E-state index contributed by atoms with van der Waals surface area (Å²) in [7, 11) is 0. The molecule has 0 N–H and O–H groups in total. The van der Waals surface area contributed by atoms with Crippen LogP contribution in [0.1, 0.15) is 19.5 Å². The van der Waals surface area contributed by atoms with E-state index in [1.807, 2.05) is 54.6 Å². The van der Waals surface area contributed by atoms with Crippen LogP contribution in [-0.2, 0) is 6.37 Å². The van der Waals surface area contributed by atoms with E-state index in [9.17, 15) is 0 Å². The molecule has 0 radical (unpaired) electrons. The molecule has 9 aromatic rings. The number of hydrogen-bond donors (Lipinski definition) is 0. The Labute approximate surface area is 266 Å². The van der Waals surface area contributed by atoms with Crippen molar-refractivity contribution in [3.63, 3.8) is 0 Å². The molecule has 3 heteroatoms. The van der Waals surface area contributed by atoms with E-state index in [2.05, 4.69) is 83.8 Å². The second-order valence-electron chi connectivity index (χ2n) is 11.1. The van der Waals surface area contributed by atoms with Crippen LogP contribution in [0.4, 0.5) is 0 Å². The van der Waals surface area contributed by atoms with E-state index in [1.165, 1.54) is 20.2 Å². The lowest BCUT2D eigenvalue weighted by molar-refractivity contribution is 0.917. The number of para-hydroxylation sites is 2. The van der Waals surface area contributed by atoms with Crippen molar-refractivity contribution in [2.24, 2.45) is 0 Å². The maximum atomic E-state index is 8.93. The minimum Gasteiger partial charge on any atom is -0.295 e. The molecule has 0 amide bonds. The molecule has 0 saturated carbocycles. The third-order valence-electron chi connectivity index (χ3n) is 8.66. The van der Waals surface area contributed by atoms with Crippen molar-refractivity contribution in [3.8, 4) is 27.9 Å². The number of imidazole rings is 1. The number of aromatic nitrogens is 2. The summed E-state index contributed by atoms with van der Waals surface area (Å²) in [5.41, 5.74) is 6.14. The van der Waals surface area contributed by atoms with Crippen molar-refractivity contribution >= 4 is 64.1 Å². The first kappa shape index (κ1) is 20.6. The van der Waals surface area contributed by atoms with Crippen LogP contribution in [0.25, 0.3) is 80.7 Å². The summed E-state index contributed by atoms with van der Waals surface area (Å²) < 4.78 is 46.7. The number of thiophene rings is 1. The second kappa shape index (κ2) is 9.90. The third-order valence-corrected chi connectivity index (χ3v) is 9.82. The van der Waals surface area contributed by atoms with Gasteiger partial charge in [-0.25, -0.2) is 4.98 Å². The standard InChI is InChI=1S/C41H28N2S/c1-2-39-42-35-17-9-10-18-36(35)43(39)41-31-16-7-6-15-30(31)40(34-24-27(20-22-32(34)41)26-12-4-3-5-13-26)28-21-23-38-33(25-28)29-14-8-11-19-37(29)44-38/h3-25H,2H2,1H3/i1D3,2D2. The molecule has 0 unspecified atom stereocenters. The van der Waals surface area contributed by atoms with E-state index in [1.54, 1.807) is 22.0 Å². The highest BCUT2D eigenvalue weighted by Gasteiger charge is 2.21. The van der Waals surface area contributed by atoms with Crippen LogP contribution < -0.4 is 0 Å². The summed E-state index contributed by atoms with van der Waals surface area (Å²) in [6.07, 6.45) is -2.73. The van der Waals surface area contributed by atoms with Gasteiger partial charge in [0.2, 0.25) is 0 Å². The Kier molecular flexibility index (Phi) is 4.64. The molecule has 0 aliphatic carbocycles. The molecule has 2 aromatic heterocycles. The summed E-state index contributed by atoms with van der Waals surface area (Å²) >= 11 is 1.79. The maximum Gasteiger partial charge on any atom is 0.114 e. The molecule has 0 bridgehead atoms. The molecular formula is C41H28N2S. The molecule has 44 heavy (non-hydrogen) atoms. The monoisotopic (exact) mass is 585 g/mol. The van der Waals surface area contributed by atoms with E-state index in [-0.39, 0.29) is 5.82 Å². The molecule has 0 spiro atoms. The zero-order chi connectivity index (χ0) is 33.5. The van der Waals surface area contributed by atoms with Gasteiger partial charge in [0.25, 0.3) is 0 Å². The summed E-state index contributed by atoms with van der Waals surface area (Å²) in [5, 5.41) is 6.13. The lowest BCUT2D eigenvalue weighted by Crippen LogP contribution is -2.03. The minimum absolute atomic E-state index is 0.147. The summed E-state index contributed by atoms with van der Waals surface area (Å²) in [4.78, 5) is 4.67. The topological polar surface area (TPSA) is 17.8 Å². The number of nitrogens with zero attached hydrogens (tertiary/aromatic N) is 2. The van der Waals surface area contributed by atoms with Gasteiger partial charge in [-0.2, -0.15) is 0 Å². The number of hydrogen-bond acceptors (Lipinski definition) is 2. The fraction of sp³-hybridized carbons (Fsp3) is 0.0488. The van der Waals surface area contributed by atoms with Crippen molar-refractivity contribution in [2.45, 2.75) is 13.2 Å². The SMILES string of the molecule is [2H]C([2H])([2H])C([2H])([2H])c1nc2ccccc2n1-c1c2ccccc2c(-c2ccc3sc4ccccc4c3c2)c2cc(-c3ccccc3)ccc12. The van der Waals surface area contributed by atoms with Crippen LogP contribution in [0, 0.1) is 0 Å². The van der Waals surface area contributed by atoms with Crippen LogP contribution >= 0.6 is 11.3 Å². The fourth-order valence-corrected chi connectivity index (χ4v) is 7.82. The highest BCUT2D eigenvalue weighted by molar-refractivity contribution is 7.25. The van der Waals surface area contributed by atoms with Gasteiger partial charge in [-0.1, -0.05) is 110 Å². The molecule has 0 saturated heterocycles. The molecule has 0 atom stereocenters. The van der Waals surface area contributed by atoms with Gasteiger partial charge < -0.3 is 0 Å². The zero-order valence-corrected chi connectivity index (χ0v) is 24.4. The van der Waals surface area contributed by atoms with Gasteiger partial charge >= 0.3 is 0 Å². The highest BCUT2D eigenvalue weighted by Crippen LogP contribution is 2.45. The van der Waals surface area contributed by atoms with Gasteiger partial charge in [-0.15, -0.1) is 11.3 Å². The van der Waals surface area contributed by atoms with E-state index >= 15 is 0 Å². The van der Waals surface area contributed by atoms with Gasteiger partial charge in [0.15, 0.2) is 0 Å². The molecule has 2 nitrogen and oxygen atoms in total. The third kappa shape index (κ3) is 3.76. The Bertz CT molecular complexity index is 2740. The second-order valence-corrected chi connectivity index (χ2v) is 12.2. The van der Waals surface area contributed by atoms with Crippen molar-refractivity contribution in [1.82, 2.24) is 9.55 Å². The van der Waals surface area contributed by atoms with E-state index in [0.29, 0.717) is 16.7 Å². The van der Waals surface area contributed by atoms with Crippen molar-refractivity contribution < 1.29 is 6.85 Å². The van der Waals surface area contributed by atoms with Crippen molar-refractivity contribution in [2.75, 3.05) is 0 Å². The van der Waals surface area contributed by atoms with E-state index < -0.39 is 13.2 Å². The first-order chi connectivity index (χ1) is 23.7. The summed E-state index contributed by atoms with van der Waals surface area (Å²) in [6.45, 7) is -2.95. The van der Waals surface area contributed by atoms with E-state index in [4.69, 9.17) is 6.85 Å². The van der Waals surface area contributed by atoms with Gasteiger partial charge in [0, 0.05) is 44.2 Å². The van der Waals surface area contributed by atoms with E-state index in [0.717, 1.165) is 43.8 Å². The zero-order valence-electron chi connectivity index (χ0n) is 28.6. The van der Waals surface area contributed by atoms with Crippen LogP contribution in [0.15, 0.2) is 140 Å². The average molecular weight is 586 g/mol. The molecule has 0 aliphatic rings. The van der Waals surface area contributed by atoms with Gasteiger partial charge in [0.05, 0.1) is 16.7 Å². The molecule has 0 aliphatic heterocycles. The maximum absolute atomic E-state index is 8.93. The van der Waals surface area contributed by atoms with Crippen molar-refractivity contribution in [1.29, 1.82) is 0 Å². The van der Waals surface area contributed by atoms with Crippen molar-refractivity contribution in [3.05, 3.63) is 145 Å². The normalized spacial score (nSPS) is 14.1. The van der Waals surface area contributed by atoms with Crippen LogP contribution in [0.5, 0.6) is 0 Å². The average Bonchev–Trinajstić information content (AvgIpc) is 3.69. The summed E-state index contributed by atoms with van der Waals surface area (Å²) in [5.74, 6) is -0.147. The Morgan fingerprint density at radius 2 is 1.27 bits per heavy atom. The highest BCUT2D eigenvalue weighted by atomic mass is 32.1. The predicted molar refractivity (Wildman–Crippen MR) is 189 cm³/mol. The lowest BCUT2D eigenvalue weighted by atomic mass is 9.88. The first-order valence-corrected chi connectivity index (χ1v) is 15.5. The number of rotatable bonds is 4. The lowest BCUT2D eigenvalue weighted by Gasteiger charge is -2.20. The molecule has 208 valence electrons. The van der Waals surface area contributed by atoms with Gasteiger partial charge in [-0.3, -0.25) is 4.57 Å². The quantitative estimate of drug-likeness (QED) is 0.188. The first-order valence-electron chi connectivity index (χ1n) is 17.1. The van der Waals surface area contributed by atoms with Crippen LogP contribution in [-0.4, -0.2) is 9.55 Å². The Morgan fingerprint density at radius 3 is 2.16 bits per heavy atom. The smallest absolute Gasteiger partial charge is 0.114 e. The predicted octanol–water partition coefficient (Wildman–Crippen LogP) is 11.6. The number of fused-ring (bicyclic) bond motifs is 6.